The van der Waals surface area contributed by atoms with E-state index >= 15 is 0 Å². The van der Waals surface area contributed by atoms with E-state index in [2.05, 4.69) is 158 Å². The Morgan fingerprint density at radius 2 is 1.10 bits per heavy atom. The predicted molar refractivity (Wildman–Crippen MR) is 208 cm³/mol. The molecule has 240 valence electrons. The summed E-state index contributed by atoms with van der Waals surface area (Å²) in [6, 6.07) is 46.6. The fourth-order valence-electron chi connectivity index (χ4n) is 7.89. The Hall–Kier alpha value is -7.12. The molecule has 5 heterocycles. The summed E-state index contributed by atoms with van der Waals surface area (Å²) < 4.78 is 15.2. The minimum absolute atomic E-state index is 0.802. The molecule has 0 amide bonds. The van der Waals surface area contributed by atoms with Gasteiger partial charge < -0.3 is 4.42 Å². The Labute approximate surface area is 290 Å². The number of aromatic nitrogens is 6. The first-order chi connectivity index (χ1) is 25.2. The molecular weight excluding hydrogens is 629 g/mol. The lowest BCUT2D eigenvalue weighted by atomic mass is 10.0. The van der Waals surface area contributed by atoms with Crippen molar-refractivity contribution >= 4 is 78.7 Å². The average Bonchev–Trinajstić information content (AvgIpc) is 3.97. The first-order valence-corrected chi connectivity index (χ1v) is 16.9. The van der Waals surface area contributed by atoms with Crippen LogP contribution in [0, 0.1) is 0 Å². The van der Waals surface area contributed by atoms with E-state index in [0.29, 0.717) is 0 Å². The largest absolute Gasteiger partial charge is 0.456 e. The molecule has 7 heteroatoms. The topological polar surface area (TPSA) is 57.6 Å². The van der Waals surface area contributed by atoms with Gasteiger partial charge >= 0.3 is 0 Å². The van der Waals surface area contributed by atoms with E-state index in [9.17, 15) is 0 Å². The van der Waals surface area contributed by atoms with Crippen LogP contribution in [0.4, 0.5) is 0 Å². The van der Waals surface area contributed by atoms with Crippen molar-refractivity contribution < 1.29 is 4.42 Å². The SMILES string of the molecule is C=Cc1nc2n(-c3ccc4oc5ccc(-c6cccc(-n7c8ccccc8n8c9ccccc9nc78)c6)cc5c4c3)c3ccccc3n2c1C=C. The van der Waals surface area contributed by atoms with Gasteiger partial charge in [-0.25, -0.2) is 9.97 Å². The van der Waals surface area contributed by atoms with Gasteiger partial charge in [0.2, 0.25) is 11.6 Å². The Morgan fingerprint density at radius 1 is 0.490 bits per heavy atom. The lowest BCUT2D eigenvalue weighted by Gasteiger charge is -2.09. The third kappa shape index (κ3) is 3.77. The summed E-state index contributed by atoms with van der Waals surface area (Å²) >= 11 is 0. The van der Waals surface area contributed by atoms with Crippen molar-refractivity contribution in [1.29, 1.82) is 0 Å². The van der Waals surface area contributed by atoms with Gasteiger partial charge in [0.25, 0.3) is 0 Å². The molecule has 0 saturated carbocycles. The Morgan fingerprint density at radius 3 is 1.84 bits per heavy atom. The van der Waals surface area contributed by atoms with E-state index in [-0.39, 0.29) is 0 Å². The van der Waals surface area contributed by atoms with Crippen LogP contribution in [0.1, 0.15) is 11.4 Å². The lowest BCUT2D eigenvalue weighted by Crippen LogP contribution is -1.95. The monoisotopic (exact) mass is 656 g/mol. The zero-order valence-electron chi connectivity index (χ0n) is 27.4. The van der Waals surface area contributed by atoms with E-state index in [4.69, 9.17) is 14.4 Å². The summed E-state index contributed by atoms with van der Waals surface area (Å²) in [6.07, 6.45) is 3.63. The van der Waals surface area contributed by atoms with E-state index in [0.717, 1.165) is 100 Å². The van der Waals surface area contributed by atoms with Crippen LogP contribution in [0.5, 0.6) is 0 Å². The van der Waals surface area contributed by atoms with E-state index in [1.807, 2.05) is 12.1 Å². The molecule has 0 radical (unpaired) electrons. The number of hydrogen-bond acceptors (Lipinski definition) is 3. The van der Waals surface area contributed by atoms with Crippen LogP contribution in [0.25, 0.3) is 101 Å². The van der Waals surface area contributed by atoms with Crippen LogP contribution in [0.15, 0.2) is 151 Å². The van der Waals surface area contributed by atoms with Crippen molar-refractivity contribution in [3.8, 4) is 22.5 Å². The van der Waals surface area contributed by atoms with Gasteiger partial charge in [0.15, 0.2) is 0 Å². The molecule has 0 unspecified atom stereocenters. The molecule has 0 fully saturated rings. The van der Waals surface area contributed by atoms with Crippen molar-refractivity contribution in [3.05, 3.63) is 158 Å². The Kier molecular flexibility index (Phi) is 5.56. The molecule has 0 saturated heterocycles. The summed E-state index contributed by atoms with van der Waals surface area (Å²) in [5.41, 5.74) is 14.1. The first kappa shape index (κ1) is 27.8. The Bertz CT molecular complexity index is 3250. The normalized spacial score (nSPS) is 12.1. The number of para-hydroxylation sites is 6. The van der Waals surface area contributed by atoms with E-state index < -0.39 is 0 Å². The first-order valence-electron chi connectivity index (χ1n) is 16.9. The summed E-state index contributed by atoms with van der Waals surface area (Å²) in [5.74, 6) is 1.70. The van der Waals surface area contributed by atoms with Gasteiger partial charge in [0.1, 0.15) is 11.2 Å². The highest BCUT2D eigenvalue weighted by Gasteiger charge is 2.20. The van der Waals surface area contributed by atoms with E-state index in [1.165, 1.54) is 0 Å². The van der Waals surface area contributed by atoms with Crippen LogP contribution in [-0.2, 0) is 0 Å². The van der Waals surface area contributed by atoms with Gasteiger partial charge in [0, 0.05) is 16.5 Å². The summed E-state index contributed by atoms with van der Waals surface area (Å²) in [6.45, 7) is 8.07. The second-order valence-electron chi connectivity index (χ2n) is 12.9. The van der Waals surface area contributed by atoms with Gasteiger partial charge in [-0.3, -0.25) is 17.9 Å². The smallest absolute Gasteiger partial charge is 0.220 e. The average molecular weight is 657 g/mol. The predicted octanol–water partition coefficient (Wildman–Crippen LogP) is 10.9. The van der Waals surface area contributed by atoms with Crippen LogP contribution in [0.3, 0.4) is 0 Å². The maximum Gasteiger partial charge on any atom is 0.220 e. The lowest BCUT2D eigenvalue weighted by molar-refractivity contribution is 0.669. The van der Waals surface area contributed by atoms with Crippen molar-refractivity contribution in [2.45, 2.75) is 0 Å². The number of imidazole rings is 4. The van der Waals surface area contributed by atoms with Crippen molar-refractivity contribution in [2.75, 3.05) is 0 Å². The van der Waals surface area contributed by atoms with Crippen molar-refractivity contribution in [3.63, 3.8) is 0 Å². The van der Waals surface area contributed by atoms with Crippen LogP contribution >= 0.6 is 0 Å². The highest BCUT2D eigenvalue weighted by atomic mass is 16.3. The molecule has 51 heavy (non-hydrogen) atoms. The molecule has 0 aliphatic carbocycles. The van der Waals surface area contributed by atoms with Gasteiger partial charge in [-0.15, -0.1) is 0 Å². The number of hydrogen-bond donors (Lipinski definition) is 0. The number of rotatable bonds is 5. The highest BCUT2D eigenvalue weighted by molar-refractivity contribution is 6.07. The number of furan rings is 1. The molecule has 0 atom stereocenters. The maximum atomic E-state index is 6.38. The van der Waals surface area contributed by atoms with Gasteiger partial charge in [0.05, 0.1) is 50.2 Å². The van der Waals surface area contributed by atoms with Crippen molar-refractivity contribution in [1.82, 2.24) is 27.9 Å². The minimum atomic E-state index is 0.802. The van der Waals surface area contributed by atoms with Gasteiger partial charge in [-0.2, -0.15) is 0 Å². The standard InChI is InChI=1S/C44H28N6O/c1-3-33-35(4-2)49-39-18-9-7-16-37(39)48(43(49)45-33)30-21-23-42-32(26-30)31-25-28(20-22-41(31)51-42)27-12-11-13-29(24-27)47-38-17-8-10-19-40(38)50-36-15-6-5-14-34(36)46-44(47)50/h3-26H,1-2H2. The summed E-state index contributed by atoms with van der Waals surface area (Å²) in [7, 11) is 0. The second kappa shape index (κ2) is 10.2. The molecule has 11 aromatic rings. The molecule has 0 N–H and O–H groups in total. The maximum absolute atomic E-state index is 6.38. The molecule has 0 aliphatic rings. The zero-order chi connectivity index (χ0) is 33.8. The molecule has 0 spiro atoms. The fraction of sp³-hybridized carbons (Fsp3) is 0. The fourth-order valence-corrected chi connectivity index (χ4v) is 7.89. The van der Waals surface area contributed by atoms with Crippen LogP contribution < -0.4 is 0 Å². The molecule has 5 aromatic heterocycles. The zero-order valence-corrected chi connectivity index (χ0v) is 27.4. The van der Waals surface area contributed by atoms with Gasteiger partial charge in [-0.1, -0.05) is 67.8 Å². The van der Waals surface area contributed by atoms with Crippen LogP contribution in [-0.4, -0.2) is 27.9 Å². The van der Waals surface area contributed by atoms with E-state index in [1.54, 1.807) is 6.08 Å². The van der Waals surface area contributed by atoms with Crippen LogP contribution in [0.2, 0.25) is 0 Å². The summed E-state index contributed by atoms with van der Waals surface area (Å²) in [4.78, 5) is 10.1. The molecular formula is C44H28N6O. The molecule has 7 nitrogen and oxygen atoms in total. The second-order valence-corrected chi connectivity index (χ2v) is 12.9. The third-order valence-corrected chi connectivity index (χ3v) is 10.1. The van der Waals surface area contributed by atoms with Gasteiger partial charge in [-0.05, 0) is 102 Å². The quantitative estimate of drug-likeness (QED) is 0.185. The number of fused-ring (bicyclic) bond motifs is 11. The number of nitrogens with zero attached hydrogens (tertiary/aromatic N) is 6. The molecule has 6 aromatic carbocycles. The Balaban J connectivity index is 1.09. The molecule has 11 rings (SSSR count). The molecule has 0 aliphatic heterocycles. The summed E-state index contributed by atoms with van der Waals surface area (Å²) in [5, 5.41) is 2.09. The highest BCUT2D eigenvalue weighted by Crippen LogP contribution is 2.37. The molecule has 0 bridgehead atoms. The third-order valence-electron chi connectivity index (χ3n) is 10.1. The number of benzene rings is 6. The van der Waals surface area contributed by atoms with Crippen molar-refractivity contribution in [2.24, 2.45) is 0 Å². The minimum Gasteiger partial charge on any atom is -0.456 e.